The number of morpholine rings is 1. The molecule has 2 aliphatic rings. The lowest BCUT2D eigenvalue weighted by atomic mass is 10.0. The largest absolute Gasteiger partial charge is 0.379 e. The van der Waals surface area contributed by atoms with Crippen LogP contribution in [0.2, 0.25) is 0 Å². The molecule has 0 amide bonds. The van der Waals surface area contributed by atoms with Crippen LogP contribution < -0.4 is 0 Å². The maximum atomic E-state index is 10.6. The molecule has 1 heterocycles. The molecule has 1 unspecified atom stereocenters. The van der Waals surface area contributed by atoms with Gasteiger partial charge in [0.2, 0.25) is 0 Å². The molecule has 0 aromatic heterocycles. The van der Waals surface area contributed by atoms with Crippen LogP contribution in [0.4, 0.5) is 0 Å². The quantitative estimate of drug-likeness (QED) is 0.758. The van der Waals surface area contributed by atoms with E-state index in [0.717, 1.165) is 39.1 Å². The second kappa shape index (κ2) is 5.24. The fourth-order valence-corrected chi connectivity index (χ4v) is 5.85. The van der Waals surface area contributed by atoms with E-state index in [1.807, 2.05) is 0 Å². The molecule has 1 saturated carbocycles. The van der Waals surface area contributed by atoms with Gasteiger partial charge in [-0.2, -0.15) is 0 Å². The van der Waals surface area contributed by atoms with Crippen molar-refractivity contribution < 1.29 is 9.63 Å². The first kappa shape index (κ1) is 12.0. The molecular weight excluding hydrogens is 229 g/mol. The standard InChI is InChI=1S/C10H20NO2PS/c12-14(15,10-4-2-1-3-5-10)11-6-8-13-9-7-11/h10H,1-9H2,(H,12,15). The Bertz CT molecular complexity index is 228. The highest BCUT2D eigenvalue weighted by molar-refractivity contribution is 8.10. The van der Waals surface area contributed by atoms with Gasteiger partial charge in [0.25, 0.3) is 0 Å². The number of ether oxygens (including phenoxy) is 1. The Hall–Kier alpha value is 0.530. The minimum Gasteiger partial charge on any atom is -0.379 e. The fraction of sp³-hybridized carbons (Fsp3) is 1.00. The van der Waals surface area contributed by atoms with Gasteiger partial charge < -0.3 is 9.63 Å². The van der Waals surface area contributed by atoms with Gasteiger partial charge in [-0.15, -0.1) is 0 Å². The van der Waals surface area contributed by atoms with Crippen molar-refractivity contribution in [1.82, 2.24) is 4.67 Å². The molecule has 5 heteroatoms. The normalized spacial score (nSPS) is 29.9. The lowest BCUT2D eigenvalue weighted by molar-refractivity contribution is 0.0706. The first-order valence-electron chi connectivity index (χ1n) is 5.87. The molecule has 1 aliphatic heterocycles. The van der Waals surface area contributed by atoms with Gasteiger partial charge in [0.1, 0.15) is 6.42 Å². The molecule has 1 aliphatic carbocycles. The highest BCUT2D eigenvalue weighted by atomic mass is 32.4. The van der Waals surface area contributed by atoms with Crippen molar-refractivity contribution in [1.29, 1.82) is 0 Å². The average Bonchev–Trinajstić information content (AvgIpc) is 2.31. The third-order valence-electron chi connectivity index (χ3n) is 3.44. The smallest absolute Gasteiger partial charge is 0.132 e. The van der Waals surface area contributed by atoms with Crippen LogP contribution in [0.15, 0.2) is 0 Å². The van der Waals surface area contributed by atoms with Gasteiger partial charge in [-0.3, -0.25) is 0 Å². The predicted molar refractivity (Wildman–Crippen MR) is 65.8 cm³/mol. The highest BCUT2D eigenvalue weighted by Crippen LogP contribution is 2.55. The van der Waals surface area contributed by atoms with Crippen molar-refractivity contribution in [2.45, 2.75) is 37.8 Å². The van der Waals surface area contributed by atoms with Crippen LogP contribution in [0.1, 0.15) is 32.1 Å². The van der Waals surface area contributed by atoms with E-state index in [4.69, 9.17) is 16.5 Å². The number of hydrogen-bond donors (Lipinski definition) is 1. The second-order valence-corrected chi connectivity index (χ2v) is 8.53. The SMILES string of the molecule is OP(=S)(C1CCCCC1)N1CCOCC1. The van der Waals surface area contributed by atoms with E-state index in [9.17, 15) is 4.89 Å². The Labute approximate surface area is 96.9 Å². The fourth-order valence-electron chi connectivity index (χ4n) is 2.49. The monoisotopic (exact) mass is 249 g/mol. The summed E-state index contributed by atoms with van der Waals surface area (Å²) in [6, 6.07) is 0. The minimum absolute atomic E-state index is 0.388. The molecule has 0 aromatic rings. The molecule has 0 spiro atoms. The zero-order valence-electron chi connectivity index (χ0n) is 9.10. The Morgan fingerprint density at radius 3 is 2.33 bits per heavy atom. The second-order valence-electron chi connectivity index (χ2n) is 4.45. The molecule has 0 aromatic carbocycles. The van der Waals surface area contributed by atoms with Crippen LogP contribution in [-0.2, 0) is 16.5 Å². The van der Waals surface area contributed by atoms with Crippen LogP contribution in [0.25, 0.3) is 0 Å². The van der Waals surface area contributed by atoms with Gasteiger partial charge in [0, 0.05) is 18.7 Å². The molecule has 3 nitrogen and oxygen atoms in total. The number of hydrogen-bond acceptors (Lipinski definition) is 2. The summed E-state index contributed by atoms with van der Waals surface area (Å²) in [5.41, 5.74) is 0.388. The molecular formula is C10H20NO2PS. The van der Waals surface area contributed by atoms with E-state index in [1.54, 1.807) is 0 Å². The molecule has 15 heavy (non-hydrogen) atoms. The minimum atomic E-state index is -2.26. The molecule has 2 fully saturated rings. The molecule has 1 saturated heterocycles. The summed E-state index contributed by atoms with van der Waals surface area (Å²) in [5.74, 6) is 0. The maximum absolute atomic E-state index is 10.6. The van der Waals surface area contributed by atoms with E-state index in [-0.39, 0.29) is 0 Å². The Morgan fingerprint density at radius 2 is 1.73 bits per heavy atom. The van der Waals surface area contributed by atoms with Gasteiger partial charge in [0.05, 0.1) is 13.2 Å². The molecule has 0 radical (unpaired) electrons. The van der Waals surface area contributed by atoms with Crippen LogP contribution >= 0.6 is 6.42 Å². The average molecular weight is 249 g/mol. The highest BCUT2D eigenvalue weighted by Gasteiger charge is 2.34. The summed E-state index contributed by atoms with van der Waals surface area (Å²) in [5, 5.41) is 0. The summed E-state index contributed by atoms with van der Waals surface area (Å²) in [7, 11) is 0. The predicted octanol–water partition coefficient (Wildman–Crippen LogP) is 1.95. The number of nitrogens with zero attached hydrogens (tertiary/aromatic N) is 1. The van der Waals surface area contributed by atoms with Gasteiger partial charge in [-0.05, 0) is 12.8 Å². The maximum Gasteiger partial charge on any atom is 0.132 e. The topological polar surface area (TPSA) is 32.7 Å². The first-order chi connectivity index (χ1) is 7.21. The van der Waals surface area contributed by atoms with Crippen molar-refractivity contribution in [2.24, 2.45) is 0 Å². The van der Waals surface area contributed by atoms with Crippen LogP contribution in [-0.4, -0.2) is 41.5 Å². The van der Waals surface area contributed by atoms with Crippen LogP contribution in [0, 0.1) is 0 Å². The van der Waals surface area contributed by atoms with E-state index >= 15 is 0 Å². The van der Waals surface area contributed by atoms with Gasteiger partial charge in [-0.25, -0.2) is 4.67 Å². The Kier molecular flexibility index (Phi) is 4.19. The molecule has 2 rings (SSSR count). The Balaban J connectivity index is 1.99. The Morgan fingerprint density at radius 1 is 1.13 bits per heavy atom. The van der Waals surface area contributed by atoms with Gasteiger partial charge in [-0.1, -0.05) is 31.1 Å². The van der Waals surface area contributed by atoms with Crippen molar-refractivity contribution in [2.75, 3.05) is 26.3 Å². The summed E-state index contributed by atoms with van der Waals surface area (Å²) in [4.78, 5) is 10.6. The lowest BCUT2D eigenvalue weighted by Crippen LogP contribution is -2.37. The van der Waals surface area contributed by atoms with Crippen molar-refractivity contribution in [3.05, 3.63) is 0 Å². The first-order valence-corrected chi connectivity index (χ1v) is 8.64. The summed E-state index contributed by atoms with van der Waals surface area (Å²) in [6.07, 6.45) is 3.81. The summed E-state index contributed by atoms with van der Waals surface area (Å²) < 4.78 is 7.43. The van der Waals surface area contributed by atoms with Crippen molar-refractivity contribution in [3.63, 3.8) is 0 Å². The third kappa shape index (κ3) is 2.80. The van der Waals surface area contributed by atoms with Crippen molar-refractivity contribution in [3.8, 4) is 0 Å². The molecule has 88 valence electrons. The van der Waals surface area contributed by atoms with Crippen LogP contribution in [0.3, 0.4) is 0 Å². The van der Waals surface area contributed by atoms with E-state index < -0.39 is 6.42 Å². The van der Waals surface area contributed by atoms with Crippen molar-refractivity contribution >= 4 is 18.2 Å². The van der Waals surface area contributed by atoms with Gasteiger partial charge in [0.15, 0.2) is 0 Å². The summed E-state index contributed by atoms with van der Waals surface area (Å²) in [6.45, 7) is 3.10. The van der Waals surface area contributed by atoms with Gasteiger partial charge >= 0.3 is 0 Å². The van der Waals surface area contributed by atoms with E-state index in [1.165, 1.54) is 19.3 Å². The molecule has 0 bridgehead atoms. The zero-order valence-corrected chi connectivity index (χ0v) is 10.8. The molecule has 1 N–H and O–H groups in total. The van der Waals surface area contributed by atoms with E-state index in [2.05, 4.69) is 4.67 Å². The van der Waals surface area contributed by atoms with Crippen LogP contribution in [0.5, 0.6) is 0 Å². The number of rotatable bonds is 2. The van der Waals surface area contributed by atoms with E-state index in [0.29, 0.717) is 5.66 Å². The lowest BCUT2D eigenvalue weighted by Gasteiger charge is -2.39. The molecule has 1 atom stereocenters. The zero-order chi connectivity index (χ0) is 10.7. The summed E-state index contributed by atoms with van der Waals surface area (Å²) >= 11 is 5.52. The third-order valence-corrected chi connectivity index (χ3v) is 7.71.